The molecule has 0 spiro atoms. The van der Waals surface area contributed by atoms with E-state index in [1.165, 1.54) is 23.3 Å². The minimum absolute atomic E-state index is 0.174. The van der Waals surface area contributed by atoms with E-state index >= 15 is 0 Å². The topological polar surface area (TPSA) is 12.0 Å². The number of hydrogen-bond acceptors (Lipinski definition) is 1. The number of hydrogen-bond donors (Lipinski definition) is 1. The molecule has 0 aliphatic rings. The summed E-state index contributed by atoms with van der Waals surface area (Å²) in [6.45, 7) is 9.17. The van der Waals surface area contributed by atoms with Crippen molar-refractivity contribution in [1.82, 2.24) is 5.32 Å². The average molecular weight is 235 g/mol. The van der Waals surface area contributed by atoms with Crippen LogP contribution < -0.4 is 5.32 Å². The van der Waals surface area contributed by atoms with E-state index in [2.05, 4.69) is 18.8 Å². The van der Waals surface area contributed by atoms with E-state index in [0.717, 1.165) is 25.8 Å². The Kier molecular flexibility index (Phi) is 5.92. The van der Waals surface area contributed by atoms with Crippen LogP contribution in [0.2, 0.25) is 0 Å². The number of halogens is 1. The van der Waals surface area contributed by atoms with Crippen molar-refractivity contribution in [1.29, 1.82) is 0 Å². The molecule has 0 aliphatic heterocycles. The highest BCUT2D eigenvalue weighted by molar-refractivity contribution is 5.17. The Bertz CT molecular complexity index is 342. The standard InChI is InChI=1S/C15H22FN/c1-4-9-17-15(10-12(2)3)11-13-5-7-14(16)8-6-13/h5-8,15,17H,2,4,9-11H2,1,3H3. The zero-order valence-corrected chi connectivity index (χ0v) is 10.8. The lowest BCUT2D eigenvalue weighted by atomic mass is 10.00. The lowest BCUT2D eigenvalue weighted by Crippen LogP contribution is -2.32. The number of rotatable bonds is 7. The van der Waals surface area contributed by atoms with Crippen LogP contribution in [-0.4, -0.2) is 12.6 Å². The molecule has 1 aromatic rings. The molecule has 0 saturated carbocycles. The summed E-state index contributed by atoms with van der Waals surface area (Å²) in [7, 11) is 0. The van der Waals surface area contributed by atoms with Gasteiger partial charge in [0, 0.05) is 6.04 Å². The highest BCUT2D eigenvalue weighted by Crippen LogP contribution is 2.11. The van der Waals surface area contributed by atoms with E-state index in [9.17, 15) is 4.39 Å². The molecule has 1 N–H and O–H groups in total. The highest BCUT2D eigenvalue weighted by Gasteiger charge is 2.08. The Balaban J connectivity index is 2.57. The summed E-state index contributed by atoms with van der Waals surface area (Å²) in [4.78, 5) is 0. The summed E-state index contributed by atoms with van der Waals surface area (Å²) >= 11 is 0. The molecule has 1 unspecified atom stereocenters. The number of nitrogens with one attached hydrogen (secondary N) is 1. The Labute approximate surface area is 104 Å². The Morgan fingerprint density at radius 1 is 1.35 bits per heavy atom. The third-order valence-electron chi connectivity index (χ3n) is 2.67. The summed E-state index contributed by atoms with van der Waals surface area (Å²) in [6.07, 6.45) is 3.01. The molecule has 0 fully saturated rings. The van der Waals surface area contributed by atoms with Crippen LogP contribution in [0.15, 0.2) is 36.4 Å². The Morgan fingerprint density at radius 3 is 2.53 bits per heavy atom. The minimum atomic E-state index is -0.174. The van der Waals surface area contributed by atoms with Gasteiger partial charge >= 0.3 is 0 Å². The van der Waals surface area contributed by atoms with Gasteiger partial charge in [0.05, 0.1) is 0 Å². The third-order valence-corrected chi connectivity index (χ3v) is 2.67. The summed E-state index contributed by atoms with van der Waals surface area (Å²) < 4.78 is 12.8. The second kappa shape index (κ2) is 7.23. The quantitative estimate of drug-likeness (QED) is 0.710. The molecular weight excluding hydrogens is 213 g/mol. The van der Waals surface area contributed by atoms with Crippen LogP contribution in [-0.2, 0) is 6.42 Å². The molecule has 1 aromatic carbocycles. The summed E-state index contributed by atoms with van der Waals surface area (Å²) in [5.41, 5.74) is 2.35. The maximum atomic E-state index is 12.8. The van der Waals surface area contributed by atoms with Gasteiger partial charge in [-0.25, -0.2) is 4.39 Å². The van der Waals surface area contributed by atoms with E-state index < -0.39 is 0 Å². The summed E-state index contributed by atoms with van der Waals surface area (Å²) in [5.74, 6) is -0.174. The smallest absolute Gasteiger partial charge is 0.123 e. The van der Waals surface area contributed by atoms with Gasteiger partial charge in [0.2, 0.25) is 0 Å². The first-order chi connectivity index (χ1) is 8.11. The van der Waals surface area contributed by atoms with Gasteiger partial charge in [0.15, 0.2) is 0 Å². The molecule has 0 aliphatic carbocycles. The van der Waals surface area contributed by atoms with Gasteiger partial charge in [-0.2, -0.15) is 0 Å². The molecular formula is C15H22FN. The molecule has 0 saturated heterocycles. The molecule has 0 heterocycles. The first kappa shape index (κ1) is 13.9. The molecule has 94 valence electrons. The van der Waals surface area contributed by atoms with Crippen LogP contribution >= 0.6 is 0 Å². The maximum absolute atomic E-state index is 12.8. The van der Waals surface area contributed by atoms with Crippen molar-refractivity contribution >= 4 is 0 Å². The molecule has 0 aromatic heterocycles. The zero-order chi connectivity index (χ0) is 12.7. The zero-order valence-electron chi connectivity index (χ0n) is 10.8. The van der Waals surface area contributed by atoms with Crippen molar-refractivity contribution in [2.24, 2.45) is 0 Å². The van der Waals surface area contributed by atoms with Crippen molar-refractivity contribution in [3.63, 3.8) is 0 Å². The van der Waals surface area contributed by atoms with Crippen molar-refractivity contribution in [3.8, 4) is 0 Å². The highest BCUT2D eigenvalue weighted by atomic mass is 19.1. The van der Waals surface area contributed by atoms with Gasteiger partial charge in [0.25, 0.3) is 0 Å². The molecule has 1 nitrogen and oxygen atoms in total. The van der Waals surface area contributed by atoms with E-state index in [1.807, 2.05) is 19.1 Å². The number of benzene rings is 1. The first-order valence-electron chi connectivity index (χ1n) is 6.24. The third kappa shape index (κ3) is 5.64. The summed E-state index contributed by atoms with van der Waals surface area (Å²) in [6, 6.07) is 7.15. The van der Waals surface area contributed by atoms with Gasteiger partial charge in [-0.05, 0) is 50.4 Å². The van der Waals surface area contributed by atoms with Crippen LogP contribution in [0.3, 0.4) is 0 Å². The second-order valence-corrected chi connectivity index (χ2v) is 4.64. The van der Waals surface area contributed by atoms with Gasteiger partial charge < -0.3 is 5.32 Å². The van der Waals surface area contributed by atoms with Crippen molar-refractivity contribution in [3.05, 3.63) is 47.8 Å². The SMILES string of the molecule is C=C(C)CC(Cc1ccc(F)cc1)NCCC. The molecule has 0 bridgehead atoms. The van der Waals surface area contributed by atoms with Crippen LogP contribution in [0, 0.1) is 5.82 Å². The molecule has 2 heteroatoms. The lowest BCUT2D eigenvalue weighted by Gasteiger charge is -2.18. The van der Waals surface area contributed by atoms with E-state index in [4.69, 9.17) is 0 Å². The van der Waals surface area contributed by atoms with E-state index in [-0.39, 0.29) is 5.82 Å². The van der Waals surface area contributed by atoms with Gasteiger partial charge in [-0.3, -0.25) is 0 Å². The van der Waals surface area contributed by atoms with E-state index in [1.54, 1.807) is 0 Å². The largest absolute Gasteiger partial charge is 0.313 e. The van der Waals surface area contributed by atoms with Gasteiger partial charge in [0.1, 0.15) is 5.82 Å². The van der Waals surface area contributed by atoms with Gasteiger partial charge in [-0.15, -0.1) is 6.58 Å². The molecule has 0 radical (unpaired) electrons. The monoisotopic (exact) mass is 235 g/mol. The fourth-order valence-electron chi connectivity index (χ4n) is 1.89. The minimum Gasteiger partial charge on any atom is -0.313 e. The van der Waals surface area contributed by atoms with Crippen LogP contribution in [0.1, 0.15) is 32.3 Å². The maximum Gasteiger partial charge on any atom is 0.123 e. The average Bonchev–Trinajstić information content (AvgIpc) is 2.28. The Morgan fingerprint density at radius 2 is 2.00 bits per heavy atom. The lowest BCUT2D eigenvalue weighted by molar-refractivity contribution is 0.503. The van der Waals surface area contributed by atoms with Crippen molar-refractivity contribution < 1.29 is 4.39 Å². The van der Waals surface area contributed by atoms with E-state index in [0.29, 0.717) is 6.04 Å². The fraction of sp³-hybridized carbons (Fsp3) is 0.467. The first-order valence-corrected chi connectivity index (χ1v) is 6.24. The van der Waals surface area contributed by atoms with Crippen LogP contribution in [0.4, 0.5) is 4.39 Å². The Hall–Kier alpha value is -1.15. The summed E-state index contributed by atoms with van der Waals surface area (Å²) in [5, 5.41) is 3.51. The molecule has 1 rings (SSSR count). The molecule has 1 atom stereocenters. The predicted octanol–water partition coefficient (Wildman–Crippen LogP) is 3.70. The molecule has 17 heavy (non-hydrogen) atoms. The van der Waals surface area contributed by atoms with Crippen LogP contribution in [0.25, 0.3) is 0 Å². The predicted molar refractivity (Wildman–Crippen MR) is 71.6 cm³/mol. The second-order valence-electron chi connectivity index (χ2n) is 4.64. The molecule has 0 amide bonds. The van der Waals surface area contributed by atoms with Crippen LogP contribution in [0.5, 0.6) is 0 Å². The van der Waals surface area contributed by atoms with Gasteiger partial charge in [-0.1, -0.05) is 24.6 Å². The van der Waals surface area contributed by atoms with Crippen molar-refractivity contribution in [2.45, 2.75) is 39.2 Å². The fourth-order valence-corrected chi connectivity index (χ4v) is 1.89. The van der Waals surface area contributed by atoms with Crippen molar-refractivity contribution in [2.75, 3.05) is 6.54 Å². The normalized spacial score (nSPS) is 12.4.